The molecule has 38 heavy (non-hydrogen) atoms. The van der Waals surface area contributed by atoms with Crippen molar-refractivity contribution < 1.29 is 29.6 Å². The van der Waals surface area contributed by atoms with Crippen LogP contribution in [0.4, 0.5) is 10.6 Å². The first kappa shape index (κ1) is 25.9. The third kappa shape index (κ3) is 5.27. The number of ether oxygens (including phenoxy) is 2. The zero-order valence-corrected chi connectivity index (χ0v) is 20.9. The van der Waals surface area contributed by atoms with Crippen LogP contribution in [0.5, 0.6) is 5.75 Å². The van der Waals surface area contributed by atoms with Crippen LogP contribution >= 0.6 is 0 Å². The van der Waals surface area contributed by atoms with Crippen LogP contribution in [0, 0.1) is 24.7 Å². The van der Waals surface area contributed by atoms with Crippen LogP contribution in [0.1, 0.15) is 36.9 Å². The molecule has 2 aromatic heterocycles. The number of fused-ring (bicyclic) bond motifs is 1. The Morgan fingerprint density at radius 3 is 2.61 bits per heavy atom. The number of hydrogen-bond acceptors (Lipinski definition) is 10. The Bertz CT molecular complexity index is 1360. The van der Waals surface area contributed by atoms with Crippen LogP contribution in [-0.4, -0.2) is 83.8 Å². The minimum absolute atomic E-state index is 0.130. The number of benzene rings is 1. The molecule has 2 saturated heterocycles. The number of hydrogen-bond donors (Lipinski definition) is 4. The highest BCUT2D eigenvalue weighted by atomic mass is 16.6. The van der Waals surface area contributed by atoms with Gasteiger partial charge in [0.05, 0.1) is 12.9 Å². The van der Waals surface area contributed by atoms with Crippen molar-refractivity contribution in [1.29, 1.82) is 0 Å². The SMILES string of the molecule is Cc1ccc(OC(=O)N2CCC(CC#Cc3nc(N)c4ncn([C@@H]5O[C@H](CO)[C@H](O)C5O)c4n3)CC2)cc1. The number of amides is 1. The Hall–Kier alpha value is -3.76. The summed E-state index contributed by atoms with van der Waals surface area (Å²) in [5, 5.41) is 29.8. The van der Waals surface area contributed by atoms with Gasteiger partial charge in [0.1, 0.15) is 29.6 Å². The summed E-state index contributed by atoms with van der Waals surface area (Å²) in [5.74, 6) is 7.24. The fraction of sp³-hybridized carbons (Fsp3) is 0.462. The maximum Gasteiger partial charge on any atom is 0.415 e. The summed E-state index contributed by atoms with van der Waals surface area (Å²) in [6.45, 7) is 2.72. The standard InChI is InChI=1S/C26H30N6O6/c1-15-5-7-17(8-6-15)37-26(36)31-11-9-16(10-12-31)3-2-4-19-29-23(27)20-24(30-19)32(14-28-20)25-22(35)21(34)18(13-33)38-25/h5-8,14,16,18,21-22,25,33-35H,3,9-13H2,1H3,(H2,27,29,30)/t18-,21+,22?,25-/m1/s1. The minimum Gasteiger partial charge on any atom is -0.410 e. The van der Waals surface area contributed by atoms with Crippen molar-refractivity contribution in [2.24, 2.45) is 5.92 Å². The molecule has 2 fully saturated rings. The second kappa shape index (κ2) is 10.9. The lowest BCUT2D eigenvalue weighted by atomic mass is 9.94. The molecule has 12 heteroatoms. The highest BCUT2D eigenvalue weighted by molar-refractivity contribution is 5.82. The number of aliphatic hydroxyl groups is 3. The third-order valence-electron chi connectivity index (χ3n) is 6.93. The summed E-state index contributed by atoms with van der Waals surface area (Å²) in [6, 6.07) is 7.37. The average Bonchev–Trinajstić information content (AvgIpc) is 3.46. The predicted octanol–water partition coefficient (Wildman–Crippen LogP) is 0.981. The van der Waals surface area contributed by atoms with Crippen LogP contribution < -0.4 is 10.5 Å². The van der Waals surface area contributed by atoms with E-state index >= 15 is 0 Å². The van der Waals surface area contributed by atoms with Gasteiger partial charge in [-0.3, -0.25) is 4.57 Å². The minimum atomic E-state index is -1.28. The Morgan fingerprint density at radius 2 is 1.92 bits per heavy atom. The summed E-state index contributed by atoms with van der Waals surface area (Å²) in [6.07, 6.45) is -1.20. The fourth-order valence-corrected chi connectivity index (χ4v) is 4.66. The largest absolute Gasteiger partial charge is 0.415 e. The molecular weight excluding hydrogens is 492 g/mol. The number of likely N-dealkylation sites (tertiary alicyclic amines) is 1. The number of aryl methyl sites for hydroxylation is 1. The highest BCUT2D eigenvalue weighted by Gasteiger charge is 2.44. The zero-order chi connectivity index (χ0) is 26.8. The van der Waals surface area contributed by atoms with Crippen molar-refractivity contribution in [3.63, 3.8) is 0 Å². The Kier molecular flexibility index (Phi) is 7.44. The van der Waals surface area contributed by atoms with Gasteiger partial charge in [-0.05, 0) is 43.7 Å². The summed E-state index contributed by atoms with van der Waals surface area (Å²) >= 11 is 0. The molecule has 0 radical (unpaired) electrons. The van der Waals surface area contributed by atoms with Gasteiger partial charge in [0.15, 0.2) is 17.7 Å². The molecule has 200 valence electrons. The molecule has 0 bridgehead atoms. The van der Waals surface area contributed by atoms with E-state index in [4.69, 9.17) is 15.2 Å². The van der Waals surface area contributed by atoms with Crippen LogP contribution in [-0.2, 0) is 4.74 Å². The van der Waals surface area contributed by atoms with Crippen molar-refractivity contribution in [1.82, 2.24) is 24.4 Å². The number of aromatic nitrogens is 4. The van der Waals surface area contributed by atoms with Gasteiger partial charge in [-0.2, -0.15) is 0 Å². The van der Waals surface area contributed by atoms with Crippen molar-refractivity contribution in [3.8, 4) is 17.6 Å². The first-order valence-corrected chi connectivity index (χ1v) is 12.5. The fourth-order valence-electron chi connectivity index (χ4n) is 4.66. The number of imidazole rings is 1. The molecule has 0 spiro atoms. The van der Waals surface area contributed by atoms with E-state index in [9.17, 15) is 20.1 Å². The number of nitrogens with zero attached hydrogens (tertiary/aromatic N) is 5. The predicted molar refractivity (Wildman–Crippen MR) is 136 cm³/mol. The van der Waals surface area contributed by atoms with Crippen LogP contribution in [0.3, 0.4) is 0 Å². The first-order chi connectivity index (χ1) is 18.3. The van der Waals surface area contributed by atoms with E-state index in [1.54, 1.807) is 17.0 Å². The van der Waals surface area contributed by atoms with E-state index in [0.717, 1.165) is 18.4 Å². The second-order valence-electron chi connectivity index (χ2n) is 9.60. The maximum absolute atomic E-state index is 12.5. The molecule has 5 rings (SSSR count). The van der Waals surface area contributed by atoms with Gasteiger partial charge in [0, 0.05) is 19.5 Å². The molecule has 5 N–H and O–H groups in total. The molecule has 2 aliphatic rings. The van der Waals surface area contributed by atoms with Gasteiger partial charge in [0.2, 0.25) is 5.82 Å². The molecule has 2 aliphatic heterocycles. The van der Waals surface area contributed by atoms with E-state index < -0.39 is 31.1 Å². The first-order valence-electron chi connectivity index (χ1n) is 12.5. The molecule has 4 heterocycles. The molecule has 12 nitrogen and oxygen atoms in total. The smallest absolute Gasteiger partial charge is 0.410 e. The normalized spacial score (nSPS) is 23.8. The monoisotopic (exact) mass is 522 g/mol. The van der Waals surface area contributed by atoms with Crippen LogP contribution in [0.15, 0.2) is 30.6 Å². The number of nitrogens with two attached hydrogens (primary N) is 1. The summed E-state index contributed by atoms with van der Waals surface area (Å²) < 4.78 is 12.5. The van der Waals surface area contributed by atoms with E-state index in [0.29, 0.717) is 42.3 Å². The average molecular weight is 523 g/mol. The topological polar surface area (TPSA) is 169 Å². The summed E-state index contributed by atoms with van der Waals surface area (Å²) in [7, 11) is 0. The quantitative estimate of drug-likeness (QED) is 0.362. The van der Waals surface area contributed by atoms with E-state index in [1.807, 2.05) is 19.1 Å². The van der Waals surface area contributed by atoms with Gasteiger partial charge < -0.3 is 35.4 Å². The van der Waals surface area contributed by atoms with E-state index in [1.165, 1.54) is 10.9 Å². The lowest BCUT2D eigenvalue weighted by Crippen LogP contribution is -2.40. The number of carbonyl (C=O) groups excluding carboxylic acids is 1. The number of rotatable bonds is 4. The van der Waals surface area contributed by atoms with E-state index in [2.05, 4.69) is 26.8 Å². The molecule has 1 aromatic carbocycles. The third-order valence-corrected chi connectivity index (χ3v) is 6.93. The molecule has 1 amide bonds. The molecule has 3 aromatic rings. The van der Waals surface area contributed by atoms with Crippen LogP contribution in [0.2, 0.25) is 0 Å². The number of anilines is 1. The van der Waals surface area contributed by atoms with Crippen molar-refractivity contribution in [2.45, 2.75) is 50.7 Å². The lowest BCUT2D eigenvalue weighted by molar-refractivity contribution is -0.0511. The number of carbonyl (C=O) groups is 1. The second-order valence-corrected chi connectivity index (χ2v) is 9.60. The number of aliphatic hydroxyl groups excluding tert-OH is 3. The van der Waals surface area contributed by atoms with Crippen molar-refractivity contribution in [2.75, 3.05) is 25.4 Å². The molecule has 0 aliphatic carbocycles. The molecule has 1 unspecified atom stereocenters. The van der Waals surface area contributed by atoms with Crippen molar-refractivity contribution >= 4 is 23.1 Å². The number of nitrogen functional groups attached to an aromatic ring is 1. The summed E-state index contributed by atoms with van der Waals surface area (Å²) in [4.78, 5) is 27.0. The van der Waals surface area contributed by atoms with Crippen molar-refractivity contribution in [3.05, 3.63) is 42.0 Å². The van der Waals surface area contributed by atoms with Gasteiger partial charge in [-0.25, -0.2) is 19.7 Å². The molecular formula is C26H30N6O6. The molecule has 4 atom stereocenters. The number of piperidine rings is 1. The zero-order valence-electron chi connectivity index (χ0n) is 20.9. The highest BCUT2D eigenvalue weighted by Crippen LogP contribution is 2.32. The van der Waals surface area contributed by atoms with E-state index in [-0.39, 0.29) is 17.7 Å². The van der Waals surface area contributed by atoms with Gasteiger partial charge in [0.25, 0.3) is 0 Å². The van der Waals surface area contributed by atoms with Crippen LogP contribution in [0.25, 0.3) is 11.2 Å². The Morgan fingerprint density at radius 1 is 1.18 bits per heavy atom. The Labute approximate surface area is 219 Å². The molecule has 0 saturated carbocycles. The Balaban J connectivity index is 1.20. The van der Waals surface area contributed by atoms with Gasteiger partial charge in [-0.15, -0.1) is 0 Å². The maximum atomic E-state index is 12.5. The summed E-state index contributed by atoms with van der Waals surface area (Å²) in [5.41, 5.74) is 7.79. The van der Waals surface area contributed by atoms with Gasteiger partial charge >= 0.3 is 6.09 Å². The lowest BCUT2D eigenvalue weighted by Gasteiger charge is -2.30. The van der Waals surface area contributed by atoms with Gasteiger partial charge in [-0.1, -0.05) is 23.6 Å².